The maximum Gasteiger partial charge on any atom is 0.317 e. The molecular weight excluding hydrogens is 362 g/mol. The van der Waals surface area contributed by atoms with Crippen molar-refractivity contribution in [2.24, 2.45) is 0 Å². The average Bonchev–Trinajstić information content (AvgIpc) is 3.16. The Morgan fingerprint density at radius 3 is 2.34 bits per heavy atom. The second kappa shape index (κ2) is 8.93. The van der Waals surface area contributed by atoms with Gasteiger partial charge in [0.15, 0.2) is 0 Å². The number of ether oxygens (including phenoxy) is 1. The standard InChI is InChI=1S/C25H25NO3/c27-25(28)17-26(16-19-7-3-1-4-8-19)24-14-12-21-11-13-22(15-23(21)24)29-18-20-9-5-2-6-10-20/h1-11,13,15,24H,12,14,16-18H2,(H,27,28). The highest BCUT2D eigenvalue weighted by Crippen LogP contribution is 2.38. The lowest BCUT2D eigenvalue weighted by Crippen LogP contribution is -2.32. The Hall–Kier alpha value is -3.11. The Bertz CT molecular complexity index is 956. The minimum absolute atomic E-state index is 0.0219. The van der Waals surface area contributed by atoms with Crippen LogP contribution in [0.1, 0.15) is 34.7 Å². The largest absolute Gasteiger partial charge is 0.489 e. The van der Waals surface area contributed by atoms with Crippen molar-refractivity contribution in [3.05, 3.63) is 101 Å². The van der Waals surface area contributed by atoms with Crippen LogP contribution in [0.15, 0.2) is 78.9 Å². The maximum absolute atomic E-state index is 11.5. The van der Waals surface area contributed by atoms with Crippen LogP contribution >= 0.6 is 0 Å². The first kappa shape index (κ1) is 19.2. The summed E-state index contributed by atoms with van der Waals surface area (Å²) in [7, 11) is 0. The molecule has 1 aliphatic rings. The third-order valence-corrected chi connectivity index (χ3v) is 5.42. The predicted octanol–water partition coefficient (Wildman–Crippen LogP) is 4.84. The smallest absolute Gasteiger partial charge is 0.317 e. The number of fused-ring (bicyclic) bond motifs is 1. The maximum atomic E-state index is 11.5. The number of carbonyl (C=O) groups is 1. The first-order chi connectivity index (χ1) is 14.2. The summed E-state index contributed by atoms with van der Waals surface area (Å²) in [5, 5.41) is 9.47. The van der Waals surface area contributed by atoms with Crippen LogP contribution in [0.25, 0.3) is 0 Å². The number of rotatable bonds is 8. The number of carboxylic acids is 1. The van der Waals surface area contributed by atoms with E-state index in [1.807, 2.05) is 66.7 Å². The first-order valence-corrected chi connectivity index (χ1v) is 9.98. The summed E-state index contributed by atoms with van der Waals surface area (Å²) in [6, 6.07) is 26.5. The van der Waals surface area contributed by atoms with Crippen molar-refractivity contribution in [3.63, 3.8) is 0 Å². The second-order valence-electron chi connectivity index (χ2n) is 7.47. The van der Waals surface area contributed by atoms with Gasteiger partial charge in [-0.05, 0) is 47.2 Å². The fraction of sp³-hybridized carbons (Fsp3) is 0.240. The molecule has 0 heterocycles. The molecular formula is C25H25NO3. The van der Waals surface area contributed by atoms with Gasteiger partial charge in [-0.25, -0.2) is 0 Å². The van der Waals surface area contributed by atoms with E-state index in [0.29, 0.717) is 13.2 Å². The Morgan fingerprint density at radius 2 is 1.66 bits per heavy atom. The molecule has 4 nitrogen and oxygen atoms in total. The van der Waals surface area contributed by atoms with E-state index < -0.39 is 5.97 Å². The summed E-state index contributed by atoms with van der Waals surface area (Å²) in [4.78, 5) is 13.6. The zero-order valence-corrected chi connectivity index (χ0v) is 16.3. The van der Waals surface area contributed by atoms with Crippen LogP contribution < -0.4 is 4.74 Å². The molecule has 0 spiro atoms. The van der Waals surface area contributed by atoms with Crippen LogP contribution in [0, 0.1) is 0 Å². The van der Waals surface area contributed by atoms with Crippen molar-refractivity contribution in [1.82, 2.24) is 4.90 Å². The normalized spacial score (nSPS) is 15.3. The summed E-state index contributed by atoms with van der Waals surface area (Å²) >= 11 is 0. The molecule has 1 atom stereocenters. The topological polar surface area (TPSA) is 49.8 Å². The lowest BCUT2D eigenvalue weighted by Gasteiger charge is -2.28. The number of hydrogen-bond donors (Lipinski definition) is 1. The monoisotopic (exact) mass is 387 g/mol. The zero-order valence-electron chi connectivity index (χ0n) is 16.3. The minimum Gasteiger partial charge on any atom is -0.489 e. The molecule has 0 fully saturated rings. The number of carboxylic acid groups (broad SMARTS) is 1. The van der Waals surface area contributed by atoms with Crippen LogP contribution in [-0.2, 0) is 24.4 Å². The van der Waals surface area contributed by atoms with Crippen molar-refractivity contribution in [2.75, 3.05) is 6.54 Å². The highest BCUT2D eigenvalue weighted by molar-refractivity contribution is 5.69. The van der Waals surface area contributed by atoms with Crippen LogP contribution in [0.2, 0.25) is 0 Å². The first-order valence-electron chi connectivity index (χ1n) is 9.98. The van der Waals surface area contributed by atoms with Crippen LogP contribution in [-0.4, -0.2) is 22.5 Å². The van der Waals surface area contributed by atoms with Crippen molar-refractivity contribution < 1.29 is 14.6 Å². The molecule has 29 heavy (non-hydrogen) atoms. The SMILES string of the molecule is O=C(O)CN(Cc1ccccc1)C1CCc2ccc(OCc3ccccc3)cc21. The summed E-state index contributed by atoms with van der Waals surface area (Å²) in [6.45, 7) is 1.16. The molecule has 148 valence electrons. The van der Waals surface area contributed by atoms with E-state index >= 15 is 0 Å². The van der Waals surface area contributed by atoms with E-state index in [0.717, 1.165) is 29.7 Å². The van der Waals surface area contributed by atoms with Gasteiger partial charge in [-0.3, -0.25) is 9.69 Å². The molecule has 0 aromatic heterocycles. The van der Waals surface area contributed by atoms with E-state index in [1.165, 1.54) is 11.1 Å². The van der Waals surface area contributed by atoms with Gasteiger partial charge in [0.25, 0.3) is 0 Å². The molecule has 0 amide bonds. The number of nitrogens with zero attached hydrogens (tertiary/aromatic N) is 1. The van der Waals surface area contributed by atoms with Gasteiger partial charge in [-0.1, -0.05) is 66.7 Å². The van der Waals surface area contributed by atoms with Gasteiger partial charge >= 0.3 is 5.97 Å². The van der Waals surface area contributed by atoms with Crippen LogP contribution in [0.4, 0.5) is 0 Å². The lowest BCUT2D eigenvalue weighted by molar-refractivity contribution is -0.139. The van der Waals surface area contributed by atoms with Gasteiger partial charge in [0, 0.05) is 12.6 Å². The highest BCUT2D eigenvalue weighted by atomic mass is 16.5. The highest BCUT2D eigenvalue weighted by Gasteiger charge is 2.29. The Labute approximate surface area is 171 Å². The summed E-state index contributed by atoms with van der Waals surface area (Å²) in [5.74, 6) is 0.0281. The van der Waals surface area contributed by atoms with Gasteiger partial charge in [0.1, 0.15) is 12.4 Å². The van der Waals surface area contributed by atoms with Crippen molar-refractivity contribution in [2.45, 2.75) is 32.0 Å². The van der Waals surface area contributed by atoms with Crippen LogP contribution in [0.5, 0.6) is 5.75 Å². The molecule has 0 radical (unpaired) electrons. The quantitative estimate of drug-likeness (QED) is 0.601. The third-order valence-electron chi connectivity index (χ3n) is 5.42. The molecule has 0 aliphatic heterocycles. The molecule has 4 heteroatoms. The molecule has 1 N–H and O–H groups in total. The Morgan fingerprint density at radius 1 is 0.966 bits per heavy atom. The molecule has 1 aliphatic carbocycles. The van der Waals surface area contributed by atoms with E-state index in [9.17, 15) is 9.90 Å². The molecule has 3 aromatic rings. The van der Waals surface area contributed by atoms with Gasteiger partial charge < -0.3 is 9.84 Å². The molecule has 1 unspecified atom stereocenters. The molecule has 3 aromatic carbocycles. The summed E-state index contributed by atoms with van der Waals surface area (Å²) in [6.07, 6.45) is 1.89. The van der Waals surface area contributed by atoms with E-state index in [4.69, 9.17) is 4.74 Å². The Balaban J connectivity index is 1.53. The van der Waals surface area contributed by atoms with E-state index in [2.05, 4.69) is 17.0 Å². The molecule has 0 saturated heterocycles. The molecule has 0 saturated carbocycles. The average molecular weight is 387 g/mol. The van der Waals surface area contributed by atoms with Gasteiger partial charge in [0.2, 0.25) is 0 Å². The second-order valence-corrected chi connectivity index (χ2v) is 7.47. The fourth-order valence-electron chi connectivity index (χ4n) is 4.04. The number of aryl methyl sites for hydroxylation is 1. The number of hydrogen-bond acceptors (Lipinski definition) is 3. The molecule has 0 bridgehead atoms. The number of benzene rings is 3. The van der Waals surface area contributed by atoms with Crippen molar-refractivity contribution >= 4 is 5.97 Å². The lowest BCUT2D eigenvalue weighted by atomic mass is 10.1. The molecule has 4 rings (SSSR count). The van der Waals surface area contributed by atoms with E-state index in [-0.39, 0.29) is 12.6 Å². The number of aliphatic carboxylic acids is 1. The van der Waals surface area contributed by atoms with E-state index in [1.54, 1.807) is 0 Å². The van der Waals surface area contributed by atoms with Gasteiger partial charge in [-0.15, -0.1) is 0 Å². The van der Waals surface area contributed by atoms with Crippen molar-refractivity contribution in [1.29, 1.82) is 0 Å². The van der Waals surface area contributed by atoms with Crippen LogP contribution in [0.3, 0.4) is 0 Å². The summed E-state index contributed by atoms with van der Waals surface area (Å²) in [5.41, 5.74) is 4.72. The predicted molar refractivity (Wildman–Crippen MR) is 113 cm³/mol. The summed E-state index contributed by atoms with van der Waals surface area (Å²) < 4.78 is 6.01. The van der Waals surface area contributed by atoms with Gasteiger partial charge in [-0.2, -0.15) is 0 Å². The fourth-order valence-corrected chi connectivity index (χ4v) is 4.04. The van der Waals surface area contributed by atoms with Crippen molar-refractivity contribution in [3.8, 4) is 5.75 Å². The third kappa shape index (κ3) is 4.84. The Kier molecular flexibility index (Phi) is 5.92. The van der Waals surface area contributed by atoms with Gasteiger partial charge in [0.05, 0.1) is 6.54 Å². The minimum atomic E-state index is -0.800. The zero-order chi connectivity index (χ0) is 20.1.